The lowest BCUT2D eigenvalue weighted by molar-refractivity contribution is -0.385. The highest BCUT2D eigenvalue weighted by Gasteiger charge is 2.30. The van der Waals surface area contributed by atoms with E-state index in [0.29, 0.717) is 36.4 Å². The molecule has 0 heterocycles. The molecule has 65 heavy (non-hydrogen) atoms. The number of rotatable bonds is 12. The van der Waals surface area contributed by atoms with E-state index in [1.165, 1.54) is 18.2 Å². The van der Waals surface area contributed by atoms with Gasteiger partial charge in [-0.2, -0.15) is 47.2 Å². The maximum Gasteiger partial charge on any atom is 0.297 e. The first kappa shape index (κ1) is 47.3. The lowest BCUT2D eigenvalue weighted by atomic mass is 10.1. The summed E-state index contributed by atoms with van der Waals surface area (Å²) in [5, 5.41) is 63.8. The number of nitrogen functional groups attached to an aromatic ring is 1. The average molecular weight is 999 g/mol. The number of hydrogen-bond donors (Lipinski definition) is 9. The fourth-order valence-electron chi connectivity index (χ4n) is 5.77. The standard InChI is InChI=1S/C32H22N8O20S5/c33-15-2-1-13-7-23(63(52,53)54)27(30(41)18(13)10-15)37-34-16-3-5-19(21(11-16)61(46,47)48)35-38-28-24(64(55,56)57)8-14-9-25(65(58,59)60)29(32(43)26(14)31(28)42)39-36-20-6-4-17(40(44)45)12-22(20)62(49,50)51/h1-12,41-43H,33H2,(H,46,47,48)(H,49,50,51)(H,52,53,54)(H,55,56,57)(H,58,59,60). The number of hydrogen-bond acceptors (Lipinski definition) is 22. The van der Waals surface area contributed by atoms with Crippen molar-refractivity contribution in [2.75, 3.05) is 5.73 Å². The van der Waals surface area contributed by atoms with Crippen molar-refractivity contribution in [2.24, 2.45) is 30.7 Å². The highest BCUT2D eigenvalue weighted by molar-refractivity contribution is 7.87. The summed E-state index contributed by atoms with van der Waals surface area (Å²) in [5.41, 5.74) is -0.874. The molecule has 0 amide bonds. The molecule has 10 N–H and O–H groups in total. The van der Waals surface area contributed by atoms with Crippen LogP contribution in [0.1, 0.15) is 0 Å². The fourth-order valence-corrected chi connectivity index (χ4v) is 9.03. The van der Waals surface area contributed by atoms with Gasteiger partial charge >= 0.3 is 0 Å². The van der Waals surface area contributed by atoms with Crippen LogP contribution in [0.2, 0.25) is 0 Å². The topological polar surface area (TPSA) is 476 Å². The van der Waals surface area contributed by atoms with Crippen molar-refractivity contribution in [2.45, 2.75) is 24.5 Å². The molecule has 0 fully saturated rings. The lowest BCUT2D eigenvalue weighted by Gasteiger charge is -2.13. The van der Waals surface area contributed by atoms with Crippen LogP contribution in [0.25, 0.3) is 21.5 Å². The summed E-state index contributed by atoms with van der Waals surface area (Å²) in [6.07, 6.45) is 0. The largest absolute Gasteiger partial charge is 0.505 e. The van der Waals surface area contributed by atoms with Gasteiger partial charge in [0.1, 0.15) is 52.9 Å². The number of non-ortho nitro benzene ring substituents is 1. The maximum atomic E-state index is 12.5. The van der Waals surface area contributed by atoms with Crippen LogP contribution in [0.15, 0.2) is 128 Å². The zero-order valence-corrected chi connectivity index (χ0v) is 35.2. The molecule has 0 saturated carbocycles. The van der Waals surface area contributed by atoms with Crippen molar-refractivity contribution in [3.05, 3.63) is 82.9 Å². The van der Waals surface area contributed by atoms with Gasteiger partial charge in [-0.25, -0.2) is 0 Å². The van der Waals surface area contributed by atoms with Crippen molar-refractivity contribution >= 4 is 118 Å². The van der Waals surface area contributed by atoms with Gasteiger partial charge < -0.3 is 21.1 Å². The van der Waals surface area contributed by atoms with Crippen LogP contribution >= 0.6 is 0 Å². The highest BCUT2D eigenvalue weighted by Crippen LogP contribution is 2.51. The summed E-state index contributed by atoms with van der Waals surface area (Å²) in [6, 6.07) is 9.32. The maximum absolute atomic E-state index is 12.5. The number of phenolic OH excluding ortho intramolecular Hbond substituents is 3. The second-order valence-corrected chi connectivity index (χ2v) is 19.8. The lowest BCUT2D eigenvalue weighted by Crippen LogP contribution is -2.02. The fraction of sp³-hybridized carbons (Fsp3) is 0. The van der Waals surface area contributed by atoms with E-state index in [4.69, 9.17) is 5.73 Å². The van der Waals surface area contributed by atoms with Crippen LogP contribution in [0.5, 0.6) is 17.2 Å². The number of benzene rings is 6. The van der Waals surface area contributed by atoms with Crippen LogP contribution in [0, 0.1) is 10.1 Å². The van der Waals surface area contributed by atoms with Gasteiger partial charge in [-0.05, 0) is 65.4 Å². The van der Waals surface area contributed by atoms with Gasteiger partial charge in [0.2, 0.25) is 0 Å². The summed E-state index contributed by atoms with van der Waals surface area (Å²) >= 11 is 0. The van der Waals surface area contributed by atoms with Gasteiger partial charge in [-0.15, -0.1) is 25.6 Å². The Morgan fingerprint density at radius 3 is 1.34 bits per heavy atom. The van der Waals surface area contributed by atoms with Crippen molar-refractivity contribution in [3.63, 3.8) is 0 Å². The minimum atomic E-state index is -5.57. The molecular weight excluding hydrogens is 977 g/mol. The molecule has 0 atom stereocenters. The predicted molar refractivity (Wildman–Crippen MR) is 218 cm³/mol. The summed E-state index contributed by atoms with van der Waals surface area (Å²) in [4.78, 5) is 3.87. The first-order valence-electron chi connectivity index (χ1n) is 16.5. The van der Waals surface area contributed by atoms with Gasteiger partial charge in [-0.3, -0.25) is 32.9 Å². The molecule has 340 valence electrons. The van der Waals surface area contributed by atoms with Crippen LogP contribution in [-0.4, -0.2) is 85.1 Å². The van der Waals surface area contributed by atoms with Crippen molar-refractivity contribution in [1.29, 1.82) is 0 Å². The zero-order valence-electron chi connectivity index (χ0n) is 31.2. The molecule has 6 aromatic carbocycles. The Hall–Kier alpha value is -7.21. The van der Waals surface area contributed by atoms with Crippen molar-refractivity contribution in [3.8, 4) is 17.2 Å². The Bertz CT molecular complexity index is 3770. The summed E-state index contributed by atoms with van der Waals surface area (Å²) in [5.74, 6) is -3.85. The minimum Gasteiger partial charge on any atom is -0.505 e. The van der Waals surface area contributed by atoms with Crippen molar-refractivity contribution < 1.29 is 85.1 Å². The average Bonchev–Trinajstić information content (AvgIpc) is 3.17. The number of aromatic hydroxyl groups is 3. The number of nitro benzene ring substituents is 1. The first-order chi connectivity index (χ1) is 29.9. The molecule has 6 rings (SSSR count). The Morgan fingerprint density at radius 1 is 0.462 bits per heavy atom. The second kappa shape index (κ2) is 16.4. The highest BCUT2D eigenvalue weighted by atomic mass is 32.2. The van der Waals surface area contributed by atoms with E-state index in [1.54, 1.807) is 0 Å². The molecule has 0 aliphatic rings. The summed E-state index contributed by atoms with van der Waals surface area (Å²) in [6.45, 7) is 0. The monoisotopic (exact) mass is 998 g/mol. The number of nitro groups is 1. The Morgan fingerprint density at radius 2 is 0.877 bits per heavy atom. The first-order valence-corrected chi connectivity index (χ1v) is 23.7. The van der Waals surface area contributed by atoms with Crippen molar-refractivity contribution in [1.82, 2.24) is 0 Å². The Kier molecular flexibility index (Phi) is 11.9. The predicted octanol–water partition coefficient (Wildman–Crippen LogP) is 6.08. The molecule has 0 aromatic heterocycles. The SMILES string of the molecule is Nc1ccc2cc(S(=O)(=O)O)c(N=Nc3ccc(N=Nc4c(S(=O)(=O)O)cc5cc(S(=O)(=O)O)c(N=Nc6ccc([N+](=O)[O-])cc6S(=O)(=O)O)c(O)c5c4O)c(S(=O)(=O)O)c3)c(O)c2c1. The van der Waals surface area contributed by atoms with E-state index >= 15 is 0 Å². The number of nitrogens with zero attached hydrogens (tertiary/aromatic N) is 7. The van der Waals surface area contributed by atoms with Gasteiger partial charge in [0.05, 0.1) is 16.0 Å². The van der Waals surface area contributed by atoms with Gasteiger partial charge in [0.25, 0.3) is 56.3 Å². The van der Waals surface area contributed by atoms with Crippen LogP contribution in [-0.2, 0) is 50.6 Å². The molecular formula is C32H22N8O20S5. The third kappa shape index (κ3) is 9.67. The Balaban J connectivity index is 1.52. The molecule has 33 heteroatoms. The molecule has 0 radical (unpaired) electrons. The van der Waals surface area contributed by atoms with E-state index in [9.17, 15) is 90.3 Å². The van der Waals surface area contributed by atoms with E-state index < -0.39 is 148 Å². The number of azo groups is 3. The third-order valence-corrected chi connectivity index (χ3v) is 13.0. The quantitative estimate of drug-likeness (QED) is 0.0220. The third-order valence-electron chi connectivity index (χ3n) is 8.60. The molecule has 0 aliphatic heterocycles. The van der Waals surface area contributed by atoms with Crippen LogP contribution in [0.3, 0.4) is 0 Å². The van der Waals surface area contributed by atoms with E-state index in [0.717, 1.165) is 18.2 Å². The molecule has 28 nitrogen and oxygen atoms in total. The molecule has 0 spiro atoms. The molecule has 0 saturated heterocycles. The number of nitrogens with two attached hydrogens (primary N) is 1. The molecule has 0 unspecified atom stereocenters. The number of phenols is 3. The van der Waals surface area contributed by atoms with E-state index in [1.807, 2.05) is 0 Å². The molecule has 6 aromatic rings. The number of fused-ring (bicyclic) bond motifs is 2. The summed E-state index contributed by atoms with van der Waals surface area (Å²) < 4.78 is 173. The summed E-state index contributed by atoms with van der Waals surface area (Å²) in [7, 11) is -26.9. The van der Waals surface area contributed by atoms with Crippen LogP contribution < -0.4 is 5.73 Å². The zero-order chi connectivity index (χ0) is 48.4. The van der Waals surface area contributed by atoms with Crippen LogP contribution in [0.4, 0.5) is 45.5 Å². The minimum absolute atomic E-state index is 0.0498. The molecule has 0 aliphatic carbocycles. The second-order valence-electron chi connectivity index (χ2n) is 12.8. The van der Waals surface area contributed by atoms with Gasteiger partial charge in [0, 0.05) is 23.2 Å². The van der Waals surface area contributed by atoms with E-state index in [-0.39, 0.29) is 16.5 Å². The molecule has 0 bridgehead atoms. The van der Waals surface area contributed by atoms with Gasteiger partial charge in [0.15, 0.2) is 17.2 Å². The normalized spacial score (nSPS) is 13.2. The number of anilines is 1. The van der Waals surface area contributed by atoms with E-state index in [2.05, 4.69) is 30.7 Å². The Labute approximate surface area is 362 Å². The smallest absolute Gasteiger partial charge is 0.297 e. The van der Waals surface area contributed by atoms with Gasteiger partial charge in [-0.1, -0.05) is 6.07 Å².